The quantitative estimate of drug-likeness (QED) is 0.879. The third-order valence-corrected chi connectivity index (χ3v) is 6.66. The highest BCUT2D eigenvalue weighted by atomic mass is 15.3. The van der Waals surface area contributed by atoms with Gasteiger partial charge in [0.25, 0.3) is 0 Å². The van der Waals surface area contributed by atoms with Crippen molar-refractivity contribution in [3.8, 4) is 0 Å². The average molecular weight is 373 g/mol. The predicted octanol–water partition coefficient (Wildman–Crippen LogP) is 4.08. The maximum Gasteiger partial charge on any atom is 0.0655 e. The smallest absolute Gasteiger partial charge is 0.0655 e. The fourth-order valence-corrected chi connectivity index (χ4v) is 5.23. The molecular weight excluding hydrogens is 344 g/mol. The summed E-state index contributed by atoms with van der Waals surface area (Å²) < 4.78 is 0. The number of nitrogens with zero attached hydrogens (tertiary/aromatic N) is 3. The van der Waals surface area contributed by atoms with E-state index in [9.17, 15) is 0 Å². The summed E-state index contributed by atoms with van der Waals surface area (Å²) in [5.74, 6) is 1.01. The van der Waals surface area contributed by atoms with Crippen molar-refractivity contribution < 1.29 is 0 Å². The summed E-state index contributed by atoms with van der Waals surface area (Å²) >= 11 is 0. The van der Waals surface area contributed by atoms with Gasteiger partial charge in [0.2, 0.25) is 0 Å². The third-order valence-electron chi connectivity index (χ3n) is 6.66. The normalized spacial score (nSPS) is 30.2. The number of benzene rings is 1. The summed E-state index contributed by atoms with van der Waals surface area (Å²) in [6.45, 7) is 2.47. The standard InChI is InChI=1S/C24H28N4/c1-2-7-18(8-3-1)10-11-22-21-15-20(19-9-6-12-25-17-19)24(16-23(21)27-26-22)28-13-4-5-14-28/h1-3,6-12,17,20-21,23-24,27H,4-5,13-16H2/b11-10+/t20-,21?,23?,24?/m1/s1. The lowest BCUT2D eigenvalue weighted by Crippen LogP contribution is -2.49. The van der Waals surface area contributed by atoms with Crippen molar-refractivity contribution in [2.45, 2.75) is 43.7 Å². The third kappa shape index (κ3) is 3.49. The zero-order valence-corrected chi connectivity index (χ0v) is 16.2. The topological polar surface area (TPSA) is 40.5 Å². The van der Waals surface area contributed by atoms with E-state index in [0.29, 0.717) is 23.9 Å². The average Bonchev–Trinajstić information content (AvgIpc) is 3.43. The Hall–Kier alpha value is -2.46. The SMILES string of the molecule is C(=C\c1ccccc1)/C1=NNC2CC(N3CCCC3)[C@@H](c3cccnc3)CC12. The molecule has 2 aliphatic heterocycles. The first kappa shape index (κ1) is 17.6. The van der Waals surface area contributed by atoms with Gasteiger partial charge in [0, 0.05) is 30.3 Å². The van der Waals surface area contributed by atoms with Crippen LogP contribution in [0.15, 0.2) is 66.0 Å². The Balaban J connectivity index is 1.38. The number of nitrogens with one attached hydrogen (secondary N) is 1. The highest BCUT2D eigenvalue weighted by Crippen LogP contribution is 2.42. The van der Waals surface area contributed by atoms with E-state index >= 15 is 0 Å². The van der Waals surface area contributed by atoms with E-state index < -0.39 is 0 Å². The molecule has 1 saturated carbocycles. The van der Waals surface area contributed by atoms with Crippen molar-refractivity contribution in [1.82, 2.24) is 15.3 Å². The van der Waals surface area contributed by atoms with Crippen LogP contribution in [0.5, 0.6) is 0 Å². The lowest BCUT2D eigenvalue weighted by atomic mass is 9.71. The van der Waals surface area contributed by atoms with Gasteiger partial charge in [0.05, 0.1) is 11.8 Å². The van der Waals surface area contributed by atoms with Crippen LogP contribution in [-0.4, -0.2) is 40.8 Å². The van der Waals surface area contributed by atoms with Crippen LogP contribution in [0, 0.1) is 5.92 Å². The largest absolute Gasteiger partial charge is 0.306 e. The number of aromatic nitrogens is 1. The number of hydrogen-bond donors (Lipinski definition) is 1. The molecule has 3 heterocycles. The van der Waals surface area contributed by atoms with Gasteiger partial charge in [-0.25, -0.2) is 0 Å². The molecule has 0 bridgehead atoms. The monoisotopic (exact) mass is 372 g/mol. The number of allylic oxidation sites excluding steroid dienone is 1. The minimum Gasteiger partial charge on any atom is -0.306 e. The zero-order valence-electron chi connectivity index (χ0n) is 16.2. The maximum absolute atomic E-state index is 4.73. The van der Waals surface area contributed by atoms with Gasteiger partial charge < -0.3 is 5.43 Å². The molecule has 1 N–H and O–H groups in total. The fourth-order valence-electron chi connectivity index (χ4n) is 5.23. The Morgan fingerprint density at radius 2 is 1.79 bits per heavy atom. The van der Waals surface area contributed by atoms with Crippen LogP contribution >= 0.6 is 0 Å². The van der Waals surface area contributed by atoms with E-state index in [1.807, 2.05) is 6.20 Å². The Morgan fingerprint density at radius 1 is 0.929 bits per heavy atom. The van der Waals surface area contributed by atoms with Crippen LogP contribution in [-0.2, 0) is 0 Å². The van der Waals surface area contributed by atoms with Crippen LogP contribution in [0.1, 0.15) is 42.7 Å². The Morgan fingerprint density at radius 3 is 2.57 bits per heavy atom. The van der Waals surface area contributed by atoms with E-state index in [2.05, 4.69) is 76.1 Å². The van der Waals surface area contributed by atoms with Gasteiger partial charge in [-0.3, -0.25) is 9.88 Å². The van der Waals surface area contributed by atoms with Gasteiger partial charge in [-0.15, -0.1) is 0 Å². The highest BCUT2D eigenvalue weighted by Gasteiger charge is 2.44. The van der Waals surface area contributed by atoms with Crippen LogP contribution in [0.4, 0.5) is 0 Å². The molecule has 1 aromatic carbocycles. The number of pyridine rings is 1. The second-order valence-corrected chi connectivity index (χ2v) is 8.30. The Kier molecular flexibility index (Phi) is 4.96. The lowest BCUT2D eigenvalue weighted by Gasteiger charge is -2.43. The first-order valence-corrected chi connectivity index (χ1v) is 10.6. The van der Waals surface area contributed by atoms with Crippen LogP contribution in [0.3, 0.4) is 0 Å². The minimum absolute atomic E-state index is 0.453. The number of hydrazone groups is 1. The predicted molar refractivity (Wildman–Crippen MR) is 114 cm³/mol. The molecular formula is C24H28N4. The van der Waals surface area contributed by atoms with E-state index in [-0.39, 0.29) is 0 Å². The molecule has 4 nitrogen and oxygen atoms in total. The van der Waals surface area contributed by atoms with Crippen molar-refractivity contribution in [3.05, 3.63) is 72.1 Å². The maximum atomic E-state index is 4.73. The van der Waals surface area contributed by atoms with Crippen molar-refractivity contribution >= 4 is 11.8 Å². The van der Waals surface area contributed by atoms with Gasteiger partial charge >= 0.3 is 0 Å². The molecule has 2 aromatic rings. The number of likely N-dealkylation sites (tertiary alicyclic amines) is 1. The minimum atomic E-state index is 0.453. The van der Waals surface area contributed by atoms with Gasteiger partial charge in [-0.05, 0) is 62.0 Å². The highest BCUT2D eigenvalue weighted by molar-refractivity contribution is 6.01. The lowest BCUT2D eigenvalue weighted by molar-refractivity contribution is 0.136. The molecule has 1 saturated heterocycles. The molecule has 3 unspecified atom stereocenters. The fraction of sp³-hybridized carbons (Fsp3) is 0.417. The molecule has 4 atom stereocenters. The van der Waals surface area contributed by atoms with E-state index in [1.54, 1.807) is 0 Å². The molecule has 5 rings (SSSR count). The van der Waals surface area contributed by atoms with Crippen molar-refractivity contribution in [2.24, 2.45) is 11.0 Å². The molecule has 0 radical (unpaired) electrons. The second kappa shape index (κ2) is 7.88. The van der Waals surface area contributed by atoms with Crippen molar-refractivity contribution in [2.75, 3.05) is 13.1 Å². The number of hydrogen-bond acceptors (Lipinski definition) is 4. The van der Waals surface area contributed by atoms with Crippen molar-refractivity contribution in [1.29, 1.82) is 0 Å². The molecule has 3 aliphatic rings. The summed E-state index contributed by atoms with van der Waals surface area (Å²) in [6.07, 6.45) is 13.3. The van der Waals surface area contributed by atoms with Gasteiger partial charge in [0.1, 0.15) is 0 Å². The van der Waals surface area contributed by atoms with E-state index in [0.717, 1.165) is 12.8 Å². The molecule has 28 heavy (non-hydrogen) atoms. The van der Waals surface area contributed by atoms with E-state index in [4.69, 9.17) is 5.10 Å². The summed E-state index contributed by atoms with van der Waals surface area (Å²) in [6, 6.07) is 15.9. The molecule has 1 aliphatic carbocycles. The Bertz CT molecular complexity index is 839. The summed E-state index contributed by atoms with van der Waals surface area (Å²) in [4.78, 5) is 7.14. The van der Waals surface area contributed by atoms with Crippen LogP contribution in [0.2, 0.25) is 0 Å². The Labute approximate surface area is 167 Å². The molecule has 0 spiro atoms. The van der Waals surface area contributed by atoms with Crippen molar-refractivity contribution in [3.63, 3.8) is 0 Å². The van der Waals surface area contributed by atoms with Crippen LogP contribution < -0.4 is 5.43 Å². The molecule has 1 aromatic heterocycles. The molecule has 2 fully saturated rings. The van der Waals surface area contributed by atoms with Gasteiger partial charge in [0.15, 0.2) is 0 Å². The molecule has 4 heteroatoms. The summed E-state index contributed by atoms with van der Waals surface area (Å²) in [7, 11) is 0. The first-order chi connectivity index (χ1) is 13.9. The van der Waals surface area contributed by atoms with Gasteiger partial charge in [-0.2, -0.15) is 5.10 Å². The summed E-state index contributed by atoms with van der Waals surface area (Å²) in [5, 5.41) is 4.73. The van der Waals surface area contributed by atoms with Gasteiger partial charge in [-0.1, -0.05) is 42.5 Å². The number of fused-ring (bicyclic) bond motifs is 1. The molecule has 0 amide bonds. The summed E-state index contributed by atoms with van der Waals surface area (Å²) in [5.41, 5.74) is 7.27. The van der Waals surface area contributed by atoms with E-state index in [1.165, 1.54) is 42.8 Å². The second-order valence-electron chi connectivity index (χ2n) is 8.30. The van der Waals surface area contributed by atoms with Crippen LogP contribution in [0.25, 0.3) is 6.08 Å². The molecule has 144 valence electrons. The zero-order chi connectivity index (χ0) is 18.8. The first-order valence-electron chi connectivity index (χ1n) is 10.6. The number of rotatable bonds is 4.